The summed E-state index contributed by atoms with van der Waals surface area (Å²) in [5, 5.41) is 4.69. The minimum absolute atomic E-state index is 0.0966. The number of methoxy groups -OCH3 is 2. The van der Waals surface area contributed by atoms with E-state index in [4.69, 9.17) is 9.47 Å². The molecule has 0 radical (unpaired) electrons. The lowest BCUT2D eigenvalue weighted by Crippen LogP contribution is -2.50. The Kier molecular flexibility index (Phi) is 2.45. The second-order valence-electron chi connectivity index (χ2n) is 3.52. The van der Waals surface area contributed by atoms with Crippen molar-refractivity contribution in [1.82, 2.24) is 5.01 Å². The van der Waals surface area contributed by atoms with Crippen LogP contribution in [0.25, 0.3) is 0 Å². The fourth-order valence-electron chi connectivity index (χ4n) is 1.88. The van der Waals surface area contributed by atoms with Crippen LogP contribution in [0.4, 0.5) is 4.79 Å². The molecule has 1 heterocycles. The van der Waals surface area contributed by atoms with E-state index in [0.29, 0.717) is 19.3 Å². The Morgan fingerprint density at radius 3 is 2.81 bits per heavy atom. The molecular weight excluding hydrogens is 216 g/mol. The lowest BCUT2D eigenvalue weighted by molar-refractivity contribution is -0.144. The fraction of sp³-hybridized carbons (Fsp3) is 0.667. The molecule has 0 saturated heterocycles. The number of carbonyl (C=O) groups is 2. The van der Waals surface area contributed by atoms with E-state index in [2.05, 4.69) is 9.84 Å². The minimum Gasteiger partial charge on any atom is -0.453 e. The molecule has 0 aromatic rings. The Labute approximate surface area is 91.9 Å². The quantitative estimate of drug-likeness (QED) is 0.601. The first kappa shape index (κ1) is 10.7. The Hall–Kier alpha value is -1.79. The lowest BCUT2D eigenvalue weighted by atomic mass is 10.1. The van der Waals surface area contributed by atoms with Crippen LogP contribution < -0.4 is 0 Å². The van der Waals surface area contributed by atoms with Gasteiger partial charge in [0.15, 0.2) is 5.78 Å². The van der Waals surface area contributed by atoms with Gasteiger partial charge in [-0.2, -0.15) is 0 Å². The molecule has 0 aromatic carbocycles. The molecule has 1 aliphatic heterocycles. The Morgan fingerprint density at radius 2 is 2.31 bits per heavy atom. The molecular formula is C9H12N2O5. The highest BCUT2D eigenvalue weighted by molar-refractivity contribution is 5.95. The predicted molar refractivity (Wildman–Crippen MR) is 51.4 cm³/mol. The molecule has 1 amide bonds. The van der Waals surface area contributed by atoms with Gasteiger partial charge in [0.25, 0.3) is 5.72 Å². The van der Waals surface area contributed by atoms with Crippen LogP contribution in [-0.4, -0.2) is 42.9 Å². The number of amides is 1. The highest BCUT2D eigenvalue weighted by atomic mass is 16.7. The van der Waals surface area contributed by atoms with Crippen molar-refractivity contribution in [2.75, 3.05) is 14.2 Å². The van der Waals surface area contributed by atoms with Crippen molar-refractivity contribution in [2.45, 2.75) is 25.0 Å². The summed E-state index contributed by atoms with van der Waals surface area (Å²) < 4.78 is 14.7. The molecule has 1 fully saturated rings. The number of hydrogen-bond acceptors (Lipinski definition) is 6. The van der Waals surface area contributed by atoms with Crippen molar-refractivity contribution >= 4 is 18.0 Å². The van der Waals surface area contributed by atoms with Gasteiger partial charge in [0.05, 0.1) is 14.2 Å². The average Bonchev–Trinajstić information content (AvgIpc) is 2.84. The smallest absolute Gasteiger partial charge is 0.434 e. The van der Waals surface area contributed by atoms with E-state index in [1.165, 1.54) is 14.2 Å². The summed E-state index contributed by atoms with van der Waals surface area (Å²) in [6.07, 6.45) is 0.582. The monoisotopic (exact) mass is 228 g/mol. The van der Waals surface area contributed by atoms with Gasteiger partial charge in [-0.15, -0.1) is 5.01 Å². The first-order chi connectivity index (χ1) is 7.64. The SMILES string of the molecule is COC(=O)N1N=C(OC)OC12CCCC2=O. The van der Waals surface area contributed by atoms with Gasteiger partial charge >= 0.3 is 12.2 Å². The number of carbonyl (C=O) groups excluding carboxylic acids is 2. The molecule has 7 heteroatoms. The van der Waals surface area contributed by atoms with Crippen LogP contribution in [0.2, 0.25) is 0 Å². The second-order valence-corrected chi connectivity index (χ2v) is 3.52. The molecule has 1 unspecified atom stereocenters. The molecule has 1 atom stereocenters. The van der Waals surface area contributed by atoms with Gasteiger partial charge < -0.3 is 14.2 Å². The summed E-state index contributed by atoms with van der Waals surface area (Å²) in [5.74, 6) is -0.186. The number of ether oxygens (including phenoxy) is 3. The molecule has 88 valence electrons. The van der Waals surface area contributed by atoms with Gasteiger partial charge in [-0.05, 0) is 6.42 Å². The molecule has 0 aromatic heterocycles. The van der Waals surface area contributed by atoms with Crippen molar-refractivity contribution < 1.29 is 23.8 Å². The van der Waals surface area contributed by atoms with E-state index in [1.54, 1.807) is 0 Å². The number of nitrogens with zero attached hydrogens (tertiary/aromatic N) is 2. The summed E-state index contributed by atoms with van der Waals surface area (Å²) in [4.78, 5) is 23.3. The number of hydrazone groups is 1. The van der Waals surface area contributed by atoms with Gasteiger partial charge in [0, 0.05) is 12.8 Å². The van der Waals surface area contributed by atoms with Crippen LogP contribution >= 0.6 is 0 Å². The van der Waals surface area contributed by atoms with Gasteiger partial charge in [0.1, 0.15) is 0 Å². The van der Waals surface area contributed by atoms with E-state index >= 15 is 0 Å². The first-order valence-electron chi connectivity index (χ1n) is 4.87. The van der Waals surface area contributed by atoms with Crippen LogP contribution in [0.3, 0.4) is 0 Å². The van der Waals surface area contributed by atoms with Crippen molar-refractivity contribution in [1.29, 1.82) is 0 Å². The van der Waals surface area contributed by atoms with Gasteiger partial charge in [0.2, 0.25) is 0 Å². The maximum absolute atomic E-state index is 11.8. The van der Waals surface area contributed by atoms with E-state index in [9.17, 15) is 9.59 Å². The van der Waals surface area contributed by atoms with E-state index in [0.717, 1.165) is 5.01 Å². The van der Waals surface area contributed by atoms with Gasteiger partial charge in [-0.25, -0.2) is 4.79 Å². The van der Waals surface area contributed by atoms with Crippen LogP contribution in [0.5, 0.6) is 0 Å². The second kappa shape index (κ2) is 3.66. The third-order valence-electron chi connectivity index (χ3n) is 2.66. The van der Waals surface area contributed by atoms with Crippen molar-refractivity contribution in [3.05, 3.63) is 0 Å². The van der Waals surface area contributed by atoms with Crippen LogP contribution in [0.15, 0.2) is 5.10 Å². The molecule has 1 aliphatic carbocycles. The van der Waals surface area contributed by atoms with E-state index in [-0.39, 0.29) is 11.9 Å². The van der Waals surface area contributed by atoms with E-state index in [1.807, 2.05) is 0 Å². The zero-order chi connectivity index (χ0) is 11.8. The highest BCUT2D eigenvalue weighted by Gasteiger charge is 2.57. The molecule has 16 heavy (non-hydrogen) atoms. The first-order valence-corrected chi connectivity index (χ1v) is 4.87. The van der Waals surface area contributed by atoms with Crippen molar-refractivity contribution in [3.8, 4) is 0 Å². The predicted octanol–water partition coefficient (Wildman–Crippen LogP) is 0.452. The molecule has 0 N–H and O–H groups in total. The molecule has 1 saturated carbocycles. The molecule has 2 rings (SSSR count). The normalized spacial score (nSPS) is 28.0. The zero-order valence-electron chi connectivity index (χ0n) is 9.06. The largest absolute Gasteiger partial charge is 0.453 e. The van der Waals surface area contributed by atoms with Crippen LogP contribution in [0.1, 0.15) is 19.3 Å². The Morgan fingerprint density at radius 1 is 1.56 bits per heavy atom. The molecule has 2 aliphatic rings. The maximum atomic E-state index is 11.8. The average molecular weight is 228 g/mol. The number of rotatable bonds is 0. The molecule has 0 bridgehead atoms. The number of hydrogen-bond donors (Lipinski definition) is 0. The zero-order valence-corrected chi connectivity index (χ0v) is 9.06. The third kappa shape index (κ3) is 1.31. The Bertz CT molecular complexity index is 367. The number of ketones is 1. The summed E-state index contributed by atoms with van der Waals surface area (Å²) in [5.41, 5.74) is -1.35. The summed E-state index contributed by atoms with van der Waals surface area (Å²) in [7, 11) is 2.57. The van der Waals surface area contributed by atoms with Gasteiger partial charge in [-0.1, -0.05) is 5.10 Å². The van der Waals surface area contributed by atoms with E-state index < -0.39 is 11.8 Å². The molecule has 1 spiro atoms. The third-order valence-corrected chi connectivity index (χ3v) is 2.66. The van der Waals surface area contributed by atoms with Crippen molar-refractivity contribution in [3.63, 3.8) is 0 Å². The highest BCUT2D eigenvalue weighted by Crippen LogP contribution is 2.37. The van der Waals surface area contributed by atoms with Crippen LogP contribution in [-0.2, 0) is 19.0 Å². The number of Topliss-reactive ketones (excluding diaryl/α,β-unsaturated/α-hetero) is 1. The molecule has 7 nitrogen and oxygen atoms in total. The topological polar surface area (TPSA) is 77.4 Å². The summed E-state index contributed by atoms with van der Waals surface area (Å²) in [6.45, 7) is 0. The summed E-state index contributed by atoms with van der Waals surface area (Å²) >= 11 is 0. The maximum Gasteiger partial charge on any atom is 0.434 e. The lowest BCUT2D eigenvalue weighted by Gasteiger charge is -2.27. The standard InChI is InChI=1S/C9H12N2O5/c1-14-7-10-11(8(13)15-2)9(16-7)5-3-4-6(9)12/h3-5H2,1-2H3. The fourth-order valence-corrected chi connectivity index (χ4v) is 1.88. The Balaban J connectivity index is 2.33. The van der Waals surface area contributed by atoms with Gasteiger partial charge in [-0.3, -0.25) is 4.79 Å². The summed E-state index contributed by atoms with van der Waals surface area (Å²) in [6, 6.07) is 0. The minimum atomic E-state index is -1.35. The van der Waals surface area contributed by atoms with Crippen molar-refractivity contribution in [2.24, 2.45) is 5.10 Å². The van der Waals surface area contributed by atoms with Crippen LogP contribution in [0, 0.1) is 0 Å².